The molecule has 7 atom stereocenters. The quantitative estimate of drug-likeness (QED) is 0.214. The van der Waals surface area contributed by atoms with E-state index in [-0.39, 0.29) is 37.0 Å². The van der Waals surface area contributed by atoms with Crippen molar-refractivity contribution in [2.24, 2.45) is 17.8 Å². The predicted octanol–water partition coefficient (Wildman–Crippen LogP) is 4.01. The third-order valence-electron chi connectivity index (χ3n) is 10.1. The molecule has 2 bridgehead atoms. The van der Waals surface area contributed by atoms with Crippen molar-refractivity contribution in [1.29, 1.82) is 0 Å². The topological polar surface area (TPSA) is 96.4 Å². The molecule has 1 N–H and O–H groups in total. The van der Waals surface area contributed by atoms with Gasteiger partial charge in [-0.05, 0) is 44.4 Å². The summed E-state index contributed by atoms with van der Waals surface area (Å²) in [7, 11) is 0. The van der Waals surface area contributed by atoms with E-state index in [9.17, 15) is 19.5 Å². The molecule has 0 radical (unpaired) electrons. The number of rotatable bonds is 13. The van der Waals surface area contributed by atoms with Crippen LogP contribution in [-0.2, 0) is 23.9 Å². The maximum absolute atomic E-state index is 14.7. The van der Waals surface area contributed by atoms with Crippen molar-refractivity contribution in [1.82, 2.24) is 9.80 Å². The second-order valence-electron chi connectivity index (χ2n) is 12.0. The number of aliphatic hydroxyl groups is 1. The molecule has 4 aliphatic rings. The lowest BCUT2D eigenvalue weighted by Gasteiger charge is -2.43. The average molecular weight is 545 g/mol. The van der Waals surface area contributed by atoms with Crippen molar-refractivity contribution in [2.75, 3.05) is 19.8 Å². The van der Waals surface area contributed by atoms with Crippen LogP contribution in [-0.4, -0.2) is 81.8 Å². The van der Waals surface area contributed by atoms with E-state index < -0.39 is 41.1 Å². The zero-order chi connectivity index (χ0) is 28.4. The summed E-state index contributed by atoms with van der Waals surface area (Å²) in [5.41, 5.74) is -1.96. The van der Waals surface area contributed by atoms with E-state index in [0.29, 0.717) is 32.2 Å². The second-order valence-corrected chi connectivity index (χ2v) is 12.0. The Morgan fingerprint density at radius 3 is 2.51 bits per heavy atom. The largest absolute Gasteiger partial charge is 0.465 e. The Labute approximate surface area is 233 Å². The first-order valence-corrected chi connectivity index (χ1v) is 15.1. The SMILES string of the molecule is C=CCCOC(=O)[C@H]1[C@H]2C(=O)N([C@@H](CO)[C@@H](C)CC)C(C(=O)N(CC=C)C3CCCCC3)C23CC[C@]1(CC)O3. The number of fused-ring (bicyclic) bond motifs is 1. The normalized spacial score (nSPS) is 33.5. The third-order valence-corrected chi connectivity index (χ3v) is 10.1. The van der Waals surface area contributed by atoms with Crippen LogP contribution >= 0.6 is 0 Å². The summed E-state index contributed by atoms with van der Waals surface area (Å²) in [6.45, 7) is 13.9. The van der Waals surface area contributed by atoms with Gasteiger partial charge in [0.25, 0.3) is 0 Å². The molecule has 0 aromatic rings. The first-order chi connectivity index (χ1) is 18.8. The number of carbonyl (C=O) groups is 3. The number of amides is 2. The minimum atomic E-state index is -1.12. The van der Waals surface area contributed by atoms with Crippen LogP contribution in [0.5, 0.6) is 0 Å². The van der Waals surface area contributed by atoms with E-state index >= 15 is 0 Å². The van der Waals surface area contributed by atoms with Gasteiger partial charge in [-0.3, -0.25) is 14.4 Å². The first kappa shape index (κ1) is 29.8. The van der Waals surface area contributed by atoms with Crippen LogP contribution in [0.2, 0.25) is 0 Å². The van der Waals surface area contributed by atoms with Crippen molar-refractivity contribution < 1.29 is 29.0 Å². The molecular weight excluding hydrogens is 496 g/mol. The molecule has 2 amide bonds. The highest BCUT2D eigenvalue weighted by Crippen LogP contribution is 2.65. The fraction of sp³-hybridized carbons (Fsp3) is 0.774. The number of likely N-dealkylation sites (tertiary alicyclic amines) is 1. The Kier molecular flexibility index (Phi) is 9.26. The maximum Gasteiger partial charge on any atom is 0.312 e. The molecule has 8 heteroatoms. The van der Waals surface area contributed by atoms with Crippen molar-refractivity contribution in [3.8, 4) is 0 Å². The molecule has 1 aliphatic carbocycles. The Morgan fingerprint density at radius 2 is 1.92 bits per heavy atom. The van der Waals surface area contributed by atoms with Crippen molar-refractivity contribution in [3.05, 3.63) is 25.3 Å². The standard InChI is InChI=1S/C31H48N2O6/c1-6-10-19-38-29(37)25-24-27(35)33(23(20-34)21(5)8-3)26(31(24)17-16-30(25,9-4)39-31)28(36)32(18-7-2)22-14-12-11-13-15-22/h6-7,21-26,34H,1-2,8-20H2,3-5H3/t21-,23-,24-,25+,26?,30-,31?/m0/s1. The minimum absolute atomic E-state index is 0.0395. The van der Waals surface area contributed by atoms with Crippen LogP contribution < -0.4 is 0 Å². The molecule has 3 aliphatic heterocycles. The Balaban J connectivity index is 1.81. The smallest absolute Gasteiger partial charge is 0.312 e. The van der Waals surface area contributed by atoms with Gasteiger partial charge in [0.1, 0.15) is 17.6 Å². The van der Waals surface area contributed by atoms with Gasteiger partial charge in [-0.15, -0.1) is 13.2 Å². The fourth-order valence-electron chi connectivity index (χ4n) is 7.91. The van der Waals surface area contributed by atoms with Crippen LogP contribution in [0.1, 0.15) is 85.0 Å². The van der Waals surface area contributed by atoms with Crippen LogP contribution in [0.4, 0.5) is 0 Å². The predicted molar refractivity (Wildman–Crippen MR) is 149 cm³/mol. The van der Waals surface area contributed by atoms with E-state index in [2.05, 4.69) is 13.2 Å². The van der Waals surface area contributed by atoms with Gasteiger partial charge in [-0.25, -0.2) is 0 Å². The van der Waals surface area contributed by atoms with Gasteiger partial charge in [0.15, 0.2) is 0 Å². The lowest BCUT2D eigenvalue weighted by molar-refractivity contribution is -0.165. The summed E-state index contributed by atoms with van der Waals surface area (Å²) in [5, 5.41) is 10.6. The lowest BCUT2D eigenvalue weighted by Crippen LogP contribution is -2.61. The van der Waals surface area contributed by atoms with Crippen LogP contribution in [0.15, 0.2) is 25.3 Å². The van der Waals surface area contributed by atoms with Gasteiger partial charge >= 0.3 is 5.97 Å². The number of carbonyl (C=O) groups excluding carboxylic acids is 3. The Bertz CT molecular complexity index is 947. The number of nitrogens with zero attached hydrogens (tertiary/aromatic N) is 2. The van der Waals surface area contributed by atoms with Crippen LogP contribution in [0.25, 0.3) is 0 Å². The highest BCUT2D eigenvalue weighted by molar-refractivity contribution is 5.99. The molecule has 3 saturated heterocycles. The first-order valence-electron chi connectivity index (χ1n) is 15.1. The number of hydrogen-bond acceptors (Lipinski definition) is 6. The van der Waals surface area contributed by atoms with Crippen molar-refractivity contribution in [2.45, 2.75) is 114 Å². The fourth-order valence-corrected chi connectivity index (χ4v) is 7.91. The van der Waals surface area contributed by atoms with Crippen molar-refractivity contribution in [3.63, 3.8) is 0 Å². The van der Waals surface area contributed by atoms with E-state index in [4.69, 9.17) is 9.47 Å². The van der Waals surface area contributed by atoms with Gasteiger partial charge in [-0.1, -0.05) is 58.6 Å². The molecule has 4 fully saturated rings. The molecule has 0 aromatic heterocycles. The zero-order valence-electron chi connectivity index (χ0n) is 24.1. The van der Waals surface area contributed by atoms with E-state index in [1.165, 1.54) is 0 Å². The summed E-state index contributed by atoms with van der Waals surface area (Å²) < 4.78 is 12.5. The molecule has 3 heterocycles. The van der Waals surface area contributed by atoms with Crippen LogP contribution in [0, 0.1) is 17.8 Å². The number of hydrogen-bond donors (Lipinski definition) is 1. The number of esters is 1. The lowest BCUT2D eigenvalue weighted by atomic mass is 9.65. The van der Waals surface area contributed by atoms with E-state index in [0.717, 1.165) is 38.5 Å². The van der Waals surface area contributed by atoms with Gasteiger partial charge in [0.05, 0.1) is 30.8 Å². The molecule has 0 aromatic carbocycles. The summed E-state index contributed by atoms with van der Waals surface area (Å²) in [4.78, 5) is 46.3. The molecule has 2 unspecified atom stereocenters. The van der Waals surface area contributed by atoms with Crippen molar-refractivity contribution >= 4 is 17.8 Å². The molecule has 8 nitrogen and oxygen atoms in total. The molecule has 39 heavy (non-hydrogen) atoms. The Morgan fingerprint density at radius 1 is 1.21 bits per heavy atom. The molecule has 218 valence electrons. The molecule has 4 rings (SSSR count). The average Bonchev–Trinajstić information content (AvgIpc) is 3.56. The highest BCUT2D eigenvalue weighted by atomic mass is 16.6. The summed E-state index contributed by atoms with van der Waals surface area (Å²) in [6, 6.07) is -1.38. The van der Waals surface area contributed by atoms with E-state index in [1.54, 1.807) is 17.1 Å². The monoisotopic (exact) mass is 544 g/mol. The molecule has 1 spiro atoms. The van der Waals surface area contributed by atoms with Crippen LogP contribution in [0.3, 0.4) is 0 Å². The second kappa shape index (κ2) is 12.1. The van der Waals surface area contributed by atoms with Gasteiger partial charge in [0, 0.05) is 12.6 Å². The van der Waals surface area contributed by atoms with Gasteiger partial charge in [-0.2, -0.15) is 0 Å². The van der Waals surface area contributed by atoms with E-state index in [1.807, 2.05) is 25.7 Å². The molecular formula is C31H48N2O6. The van der Waals surface area contributed by atoms with Gasteiger partial charge in [0.2, 0.25) is 11.8 Å². The Hall–Kier alpha value is -2.19. The zero-order valence-corrected chi connectivity index (χ0v) is 24.1. The van der Waals surface area contributed by atoms with Gasteiger partial charge < -0.3 is 24.4 Å². The maximum atomic E-state index is 14.7. The summed E-state index contributed by atoms with van der Waals surface area (Å²) in [6.07, 6.45) is 11.5. The minimum Gasteiger partial charge on any atom is -0.465 e. The number of ether oxygens (including phenoxy) is 2. The summed E-state index contributed by atoms with van der Waals surface area (Å²) >= 11 is 0. The number of aliphatic hydroxyl groups excluding tert-OH is 1. The summed E-state index contributed by atoms with van der Waals surface area (Å²) in [5.74, 6) is -2.49. The molecule has 1 saturated carbocycles. The highest BCUT2D eigenvalue weighted by Gasteiger charge is 2.79. The third kappa shape index (κ3) is 4.86.